The molecule has 3 atom stereocenters. The second-order valence-electron chi connectivity index (χ2n) is 7.63. The molecule has 0 saturated heterocycles. The van der Waals surface area contributed by atoms with Crippen LogP contribution in [0.4, 0.5) is 0 Å². The summed E-state index contributed by atoms with van der Waals surface area (Å²) in [6.07, 6.45) is 8.67. The predicted molar refractivity (Wildman–Crippen MR) is 86.4 cm³/mol. The molecule has 110 valence electrons. The summed E-state index contributed by atoms with van der Waals surface area (Å²) in [5.41, 5.74) is 7.58. The first-order chi connectivity index (χ1) is 9.92. The van der Waals surface area contributed by atoms with Crippen LogP contribution < -0.4 is 0 Å². The highest BCUT2D eigenvalue weighted by molar-refractivity contribution is 5.56. The van der Waals surface area contributed by atoms with E-state index in [-0.39, 0.29) is 16.9 Å². The minimum absolute atomic E-state index is 0.0419. The molecule has 4 rings (SSSR count). The van der Waals surface area contributed by atoms with Crippen molar-refractivity contribution in [3.63, 3.8) is 0 Å². The molecule has 0 amide bonds. The molecule has 1 heteroatoms. The molecule has 1 fully saturated rings. The lowest BCUT2D eigenvalue weighted by Gasteiger charge is -2.44. The lowest BCUT2D eigenvalue weighted by atomic mass is 9.60. The topological polar surface area (TPSA) is 20.2 Å². The van der Waals surface area contributed by atoms with Gasteiger partial charge in [-0.15, -0.1) is 0 Å². The number of aliphatic hydroxyl groups excluding tert-OH is 1. The lowest BCUT2D eigenvalue weighted by Crippen LogP contribution is -2.34. The zero-order valence-electron chi connectivity index (χ0n) is 13.2. The number of hydrogen-bond donors (Lipinski definition) is 1. The van der Waals surface area contributed by atoms with Gasteiger partial charge in [0.15, 0.2) is 0 Å². The van der Waals surface area contributed by atoms with Gasteiger partial charge in [0.2, 0.25) is 0 Å². The van der Waals surface area contributed by atoms with Crippen LogP contribution in [-0.2, 0) is 11.8 Å². The molecule has 3 aliphatic carbocycles. The van der Waals surface area contributed by atoms with Crippen molar-refractivity contribution in [2.75, 3.05) is 0 Å². The van der Waals surface area contributed by atoms with E-state index >= 15 is 0 Å². The van der Waals surface area contributed by atoms with Crippen LogP contribution in [0.1, 0.15) is 49.8 Å². The van der Waals surface area contributed by atoms with Crippen LogP contribution in [0, 0.1) is 12.3 Å². The van der Waals surface area contributed by atoms with Gasteiger partial charge < -0.3 is 5.11 Å². The third kappa shape index (κ3) is 1.73. The van der Waals surface area contributed by atoms with Crippen LogP contribution in [0.25, 0.3) is 0 Å². The summed E-state index contributed by atoms with van der Waals surface area (Å²) in [4.78, 5) is 0. The van der Waals surface area contributed by atoms with Crippen molar-refractivity contribution in [1.29, 1.82) is 0 Å². The second kappa shape index (κ2) is 4.10. The van der Waals surface area contributed by atoms with Gasteiger partial charge >= 0.3 is 0 Å². The molecule has 1 aromatic rings. The first-order valence-electron chi connectivity index (χ1n) is 8.14. The van der Waals surface area contributed by atoms with Crippen LogP contribution >= 0.6 is 0 Å². The standard InChI is InChI=1S/C20H24O/c1-13-4-6-16-14(10-13)5-7-17-18-11-15(21)12-19(18,2)8-9-20(16,17)3/h4,6,8-10,15,21H,5,7,11-12H2,1-3H3/t15-,19-,20+/m1/s1. The monoisotopic (exact) mass is 280 g/mol. The Labute approximate surface area is 127 Å². The zero-order valence-corrected chi connectivity index (χ0v) is 13.2. The number of hydrogen-bond acceptors (Lipinski definition) is 1. The van der Waals surface area contributed by atoms with Gasteiger partial charge in [-0.05, 0) is 50.7 Å². The Balaban J connectivity index is 1.92. The maximum absolute atomic E-state index is 10.2. The highest BCUT2D eigenvalue weighted by Crippen LogP contribution is 2.56. The van der Waals surface area contributed by atoms with E-state index in [1.807, 2.05) is 0 Å². The van der Waals surface area contributed by atoms with Crippen molar-refractivity contribution in [3.8, 4) is 0 Å². The summed E-state index contributed by atoms with van der Waals surface area (Å²) >= 11 is 0. The molecule has 21 heavy (non-hydrogen) atoms. The number of benzene rings is 1. The molecule has 0 unspecified atom stereocenters. The van der Waals surface area contributed by atoms with Crippen molar-refractivity contribution >= 4 is 0 Å². The van der Waals surface area contributed by atoms with Crippen molar-refractivity contribution in [1.82, 2.24) is 0 Å². The van der Waals surface area contributed by atoms with Gasteiger partial charge in [-0.25, -0.2) is 0 Å². The van der Waals surface area contributed by atoms with E-state index in [0.717, 1.165) is 25.7 Å². The van der Waals surface area contributed by atoms with Crippen molar-refractivity contribution in [2.45, 2.75) is 58.0 Å². The fourth-order valence-corrected chi connectivity index (χ4v) is 4.91. The van der Waals surface area contributed by atoms with Gasteiger partial charge in [0.05, 0.1) is 6.10 Å². The molecular weight excluding hydrogens is 256 g/mol. The van der Waals surface area contributed by atoms with E-state index in [1.165, 1.54) is 22.3 Å². The normalized spacial score (nSPS) is 37.2. The molecule has 0 aliphatic heterocycles. The maximum Gasteiger partial charge on any atom is 0.0589 e. The Morgan fingerprint density at radius 3 is 2.71 bits per heavy atom. The van der Waals surface area contributed by atoms with Gasteiger partial charge in [0.1, 0.15) is 0 Å². The Kier molecular flexibility index (Phi) is 2.60. The lowest BCUT2D eigenvalue weighted by molar-refractivity contribution is 0.172. The summed E-state index contributed by atoms with van der Waals surface area (Å²) in [5, 5.41) is 10.2. The van der Waals surface area contributed by atoms with Gasteiger partial charge in [-0.3, -0.25) is 0 Å². The van der Waals surface area contributed by atoms with Gasteiger partial charge in [0, 0.05) is 10.8 Å². The van der Waals surface area contributed by atoms with E-state index in [9.17, 15) is 5.11 Å². The maximum atomic E-state index is 10.2. The fraction of sp³-hybridized carbons (Fsp3) is 0.500. The molecule has 0 bridgehead atoms. The van der Waals surface area contributed by atoms with Crippen LogP contribution in [-0.4, -0.2) is 11.2 Å². The van der Waals surface area contributed by atoms with E-state index in [4.69, 9.17) is 0 Å². The third-order valence-electron chi connectivity index (χ3n) is 6.03. The van der Waals surface area contributed by atoms with E-state index < -0.39 is 0 Å². The highest BCUT2D eigenvalue weighted by Gasteiger charge is 2.47. The molecule has 0 radical (unpaired) electrons. The molecular formula is C20H24O. The van der Waals surface area contributed by atoms with Gasteiger partial charge in [0.25, 0.3) is 0 Å². The summed E-state index contributed by atoms with van der Waals surface area (Å²) in [6, 6.07) is 6.92. The van der Waals surface area contributed by atoms with E-state index in [2.05, 4.69) is 51.1 Å². The quantitative estimate of drug-likeness (QED) is 0.705. The number of aryl methyl sites for hydroxylation is 2. The fourth-order valence-electron chi connectivity index (χ4n) is 4.91. The predicted octanol–water partition coefficient (Wildman–Crippen LogP) is 4.23. The van der Waals surface area contributed by atoms with Crippen LogP contribution in [0.2, 0.25) is 0 Å². The summed E-state index contributed by atoms with van der Waals surface area (Å²) < 4.78 is 0. The van der Waals surface area contributed by atoms with Crippen LogP contribution in [0.15, 0.2) is 41.5 Å². The Bertz CT molecular complexity index is 681. The van der Waals surface area contributed by atoms with Crippen molar-refractivity contribution < 1.29 is 5.11 Å². The average molecular weight is 280 g/mol. The number of allylic oxidation sites excluding steroid dienone is 3. The zero-order chi connectivity index (χ0) is 14.8. The molecule has 1 saturated carbocycles. The van der Waals surface area contributed by atoms with Crippen molar-refractivity contribution in [3.05, 3.63) is 58.2 Å². The number of aliphatic hydroxyl groups is 1. The summed E-state index contributed by atoms with van der Waals surface area (Å²) in [5.74, 6) is 0. The average Bonchev–Trinajstić information content (AvgIpc) is 2.73. The smallest absolute Gasteiger partial charge is 0.0589 e. The minimum Gasteiger partial charge on any atom is -0.393 e. The summed E-state index contributed by atoms with van der Waals surface area (Å²) in [6.45, 7) is 6.84. The SMILES string of the molecule is Cc1ccc2c(c1)CCC1=C3C[C@@H](O)C[C@@]3(C)C=C[C@]12C. The number of fused-ring (bicyclic) bond motifs is 4. The molecule has 1 nitrogen and oxygen atoms in total. The van der Waals surface area contributed by atoms with E-state index in [1.54, 1.807) is 5.57 Å². The molecule has 3 aliphatic rings. The van der Waals surface area contributed by atoms with Gasteiger partial charge in [-0.1, -0.05) is 54.0 Å². The first kappa shape index (κ1) is 13.3. The summed E-state index contributed by atoms with van der Waals surface area (Å²) in [7, 11) is 0. The Morgan fingerprint density at radius 1 is 1.10 bits per heavy atom. The minimum atomic E-state index is -0.163. The Hall–Kier alpha value is -1.34. The van der Waals surface area contributed by atoms with Crippen LogP contribution in [0.3, 0.4) is 0 Å². The van der Waals surface area contributed by atoms with Crippen molar-refractivity contribution in [2.24, 2.45) is 5.41 Å². The molecule has 0 spiro atoms. The Morgan fingerprint density at radius 2 is 1.90 bits per heavy atom. The number of rotatable bonds is 0. The molecule has 1 N–H and O–H groups in total. The second-order valence-corrected chi connectivity index (χ2v) is 7.63. The van der Waals surface area contributed by atoms with E-state index in [0.29, 0.717) is 0 Å². The highest BCUT2D eigenvalue weighted by atomic mass is 16.3. The largest absolute Gasteiger partial charge is 0.393 e. The third-order valence-corrected chi connectivity index (χ3v) is 6.03. The molecule has 0 aromatic heterocycles. The van der Waals surface area contributed by atoms with Crippen LogP contribution in [0.5, 0.6) is 0 Å². The van der Waals surface area contributed by atoms with Gasteiger partial charge in [-0.2, -0.15) is 0 Å². The first-order valence-corrected chi connectivity index (χ1v) is 8.14. The molecule has 0 heterocycles. The molecule has 1 aromatic carbocycles.